The third-order valence-electron chi connectivity index (χ3n) is 2.11. The van der Waals surface area contributed by atoms with Crippen molar-refractivity contribution in [3.63, 3.8) is 0 Å². The molecule has 0 radical (unpaired) electrons. The van der Waals surface area contributed by atoms with E-state index in [-0.39, 0.29) is 15.5 Å². The summed E-state index contributed by atoms with van der Waals surface area (Å²) in [5.41, 5.74) is -0.0600. The first-order valence-corrected chi connectivity index (χ1v) is 5.71. The summed E-state index contributed by atoms with van der Waals surface area (Å²) in [6.07, 6.45) is 1.38. The van der Waals surface area contributed by atoms with Gasteiger partial charge in [-0.25, -0.2) is 18.6 Å². The van der Waals surface area contributed by atoms with Crippen molar-refractivity contribution < 1.29 is 18.7 Å². The number of pyridine rings is 1. The van der Waals surface area contributed by atoms with E-state index in [0.29, 0.717) is 0 Å². The summed E-state index contributed by atoms with van der Waals surface area (Å²) in [4.78, 5) is 14.5. The summed E-state index contributed by atoms with van der Waals surface area (Å²) in [7, 11) is 0. The van der Waals surface area contributed by atoms with Crippen molar-refractivity contribution in [3.8, 4) is 0 Å². The largest absolute Gasteiger partial charge is 0.478 e. The van der Waals surface area contributed by atoms with Gasteiger partial charge in [0.05, 0.1) is 10.5 Å². The quantitative estimate of drug-likeness (QED) is 0.927. The van der Waals surface area contributed by atoms with Crippen molar-refractivity contribution >= 4 is 17.7 Å². The van der Waals surface area contributed by atoms with Crippen LogP contribution in [0.5, 0.6) is 0 Å². The van der Waals surface area contributed by atoms with E-state index in [2.05, 4.69) is 4.98 Å². The highest BCUT2D eigenvalue weighted by Crippen LogP contribution is 2.30. The second kappa shape index (κ2) is 5.14. The number of hydrogen-bond donors (Lipinski definition) is 1. The Morgan fingerprint density at radius 1 is 1.22 bits per heavy atom. The van der Waals surface area contributed by atoms with Gasteiger partial charge in [-0.3, -0.25) is 0 Å². The molecule has 2 aromatic rings. The number of carboxylic acids is 1. The fourth-order valence-corrected chi connectivity index (χ4v) is 2.10. The number of carboxylic acid groups (broad SMARTS) is 1. The first-order valence-electron chi connectivity index (χ1n) is 4.89. The molecule has 1 heterocycles. The fourth-order valence-electron chi connectivity index (χ4n) is 1.27. The molecule has 0 aliphatic heterocycles. The second-order valence-corrected chi connectivity index (χ2v) is 4.37. The molecule has 6 heteroatoms. The molecule has 0 unspecified atom stereocenters. The van der Waals surface area contributed by atoms with Gasteiger partial charge in [-0.2, -0.15) is 0 Å². The molecule has 1 aromatic carbocycles. The Morgan fingerprint density at radius 2 is 2.00 bits per heavy atom. The van der Waals surface area contributed by atoms with Crippen molar-refractivity contribution in [2.45, 2.75) is 9.92 Å². The number of nitrogens with zero attached hydrogens (tertiary/aromatic N) is 1. The number of rotatable bonds is 3. The molecule has 0 bridgehead atoms. The highest BCUT2D eigenvalue weighted by Gasteiger charge is 2.12. The molecule has 0 aliphatic rings. The van der Waals surface area contributed by atoms with Crippen molar-refractivity contribution in [2.24, 2.45) is 0 Å². The summed E-state index contributed by atoms with van der Waals surface area (Å²) in [5, 5.41) is 8.80. The zero-order valence-corrected chi connectivity index (χ0v) is 9.75. The highest BCUT2D eigenvalue weighted by molar-refractivity contribution is 7.99. The maximum Gasteiger partial charge on any atom is 0.335 e. The second-order valence-electron chi connectivity index (χ2n) is 3.34. The summed E-state index contributed by atoms with van der Waals surface area (Å²) < 4.78 is 26.8. The van der Waals surface area contributed by atoms with Crippen LogP contribution in [0.2, 0.25) is 0 Å². The molecule has 92 valence electrons. The lowest BCUT2D eigenvalue weighted by atomic mass is 10.2. The van der Waals surface area contributed by atoms with Gasteiger partial charge in [-0.1, -0.05) is 11.8 Å². The van der Waals surface area contributed by atoms with E-state index in [1.54, 1.807) is 0 Å². The highest BCUT2D eigenvalue weighted by atomic mass is 32.2. The zero-order chi connectivity index (χ0) is 13.1. The number of hydrogen-bond acceptors (Lipinski definition) is 3. The van der Waals surface area contributed by atoms with Crippen molar-refractivity contribution in [3.05, 3.63) is 53.7 Å². The Morgan fingerprint density at radius 3 is 2.67 bits per heavy atom. The van der Waals surface area contributed by atoms with Crippen LogP contribution >= 0.6 is 11.8 Å². The molecule has 0 saturated heterocycles. The predicted molar refractivity (Wildman–Crippen MR) is 61.7 cm³/mol. The fraction of sp³-hybridized carbons (Fsp3) is 0. The van der Waals surface area contributed by atoms with E-state index in [0.717, 1.165) is 30.0 Å². The van der Waals surface area contributed by atoms with Gasteiger partial charge < -0.3 is 5.11 Å². The van der Waals surface area contributed by atoms with Gasteiger partial charge in [0, 0.05) is 6.20 Å². The van der Waals surface area contributed by atoms with E-state index in [1.807, 2.05) is 0 Å². The summed E-state index contributed by atoms with van der Waals surface area (Å²) in [5.74, 6) is -2.36. The van der Waals surface area contributed by atoms with Crippen molar-refractivity contribution in [1.82, 2.24) is 4.98 Å². The van der Waals surface area contributed by atoms with Gasteiger partial charge in [-0.05, 0) is 30.3 Å². The molecule has 3 nitrogen and oxygen atoms in total. The smallest absolute Gasteiger partial charge is 0.335 e. The van der Waals surface area contributed by atoms with E-state index < -0.39 is 17.6 Å². The Kier molecular flexibility index (Phi) is 3.57. The minimum Gasteiger partial charge on any atom is -0.478 e. The topological polar surface area (TPSA) is 50.2 Å². The van der Waals surface area contributed by atoms with E-state index in [1.165, 1.54) is 18.3 Å². The third-order valence-corrected chi connectivity index (χ3v) is 3.14. The number of carbonyl (C=O) groups is 1. The normalized spacial score (nSPS) is 10.3. The molecule has 0 amide bonds. The SMILES string of the molecule is O=C(O)c1ccc(F)c(Sc2ncccc2F)c1. The first-order chi connectivity index (χ1) is 8.58. The standard InChI is InChI=1S/C12H7F2NO2S/c13-8-4-3-7(12(16)17)6-10(8)18-11-9(14)2-1-5-15-11/h1-6H,(H,16,17). The molecule has 0 saturated carbocycles. The van der Waals surface area contributed by atoms with Crippen LogP contribution in [0.25, 0.3) is 0 Å². The van der Waals surface area contributed by atoms with Crippen LogP contribution in [0.15, 0.2) is 46.5 Å². The minimum atomic E-state index is -1.17. The van der Waals surface area contributed by atoms with Gasteiger partial charge in [0.25, 0.3) is 0 Å². The van der Waals surface area contributed by atoms with Crippen LogP contribution < -0.4 is 0 Å². The van der Waals surface area contributed by atoms with E-state index >= 15 is 0 Å². The van der Waals surface area contributed by atoms with Gasteiger partial charge >= 0.3 is 5.97 Å². The molecular formula is C12H7F2NO2S. The Balaban J connectivity index is 2.37. The molecule has 2 rings (SSSR count). The Labute approximate surface area is 105 Å². The van der Waals surface area contributed by atoms with Crippen LogP contribution in [0.3, 0.4) is 0 Å². The average Bonchev–Trinajstić information content (AvgIpc) is 2.34. The molecule has 0 atom stereocenters. The monoisotopic (exact) mass is 267 g/mol. The Bertz CT molecular complexity index is 604. The van der Waals surface area contributed by atoms with Crippen LogP contribution in [0.1, 0.15) is 10.4 Å². The van der Waals surface area contributed by atoms with Crippen molar-refractivity contribution in [2.75, 3.05) is 0 Å². The van der Waals surface area contributed by atoms with E-state index in [4.69, 9.17) is 5.11 Å². The van der Waals surface area contributed by atoms with Crippen molar-refractivity contribution in [1.29, 1.82) is 0 Å². The van der Waals surface area contributed by atoms with Gasteiger partial charge in [0.2, 0.25) is 0 Å². The number of aromatic nitrogens is 1. The summed E-state index contributed by atoms with van der Waals surface area (Å²) in [6.45, 7) is 0. The molecule has 18 heavy (non-hydrogen) atoms. The summed E-state index contributed by atoms with van der Waals surface area (Å²) >= 11 is 0.748. The molecule has 1 N–H and O–H groups in total. The lowest BCUT2D eigenvalue weighted by molar-refractivity contribution is 0.0696. The molecule has 0 aliphatic carbocycles. The average molecular weight is 267 g/mol. The molecule has 0 fully saturated rings. The zero-order valence-electron chi connectivity index (χ0n) is 8.93. The molecular weight excluding hydrogens is 260 g/mol. The number of benzene rings is 1. The molecule has 0 spiro atoms. The summed E-state index contributed by atoms with van der Waals surface area (Å²) in [6, 6.07) is 5.96. The number of aromatic carboxylic acids is 1. The Hall–Kier alpha value is -1.95. The van der Waals surface area contributed by atoms with Crippen LogP contribution in [0, 0.1) is 11.6 Å². The number of halogens is 2. The molecule has 1 aromatic heterocycles. The van der Waals surface area contributed by atoms with Gasteiger partial charge in [0.15, 0.2) is 5.82 Å². The van der Waals surface area contributed by atoms with Crippen LogP contribution in [0.4, 0.5) is 8.78 Å². The minimum absolute atomic E-state index is 0.000983. The maximum absolute atomic E-state index is 13.5. The maximum atomic E-state index is 13.5. The first kappa shape index (κ1) is 12.5. The lowest BCUT2D eigenvalue weighted by Crippen LogP contribution is -1.97. The lowest BCUT2D eigenvalue weighted by Gasteiger charge is -2.04. The van der Waals surface area contributed by atoms with Gasteiger partial charge in [-0.15, -0.1) is 0 Å². The predicted octanol–water partition coefficient (Wildman–Crippen LogP) is 3.21. The van der Waals surface area contributed by atoms with Gasteiger partial charge in [0.1, 0.15) is 10.8 Å². The van der Waals surface area contributed by atoms with E-state index in [9.17, 15) is 13.6 Å². The van der Waals surface area contributed by atoms with Crippen LogP contribution in [-0.2, 0) is 0 Å². The van der Waals surface area contributed by atoms with Crippen LogP contribution in [-0.4, -0.2) is 16.1 Å². The third kappa shape index (κ3) is 2.65.